The van der Waals surface area contributed by atoms with Gasteiger partial charge in [0.05, 0.1) is 28.2 Å². The molecule has 1 saturated carbocycles. The van der Waals surface area contributed by atoms with E-state index in [4.69, 9.17) is 23.2 Å². The molecular formula is C17H13Cl2FN2O2. The molecule has 0 saturated heterocycles. The highest BCUT2D eigenvalue weighted by atomic mass is 35.5. The number of anilines is 2. The van der Waals surface area contributed by atoms with Crippen molar-refractivity contribution in [3.63, 3.8) is 0 Å². The SMILES string of the molecule is O=C(Nc1ccccc1F)C1CC1C(=O)Nc1cc(Cl)ccc1Cl. The number of benzene rings is 2. The molecular weight excluding hydrogens is 354 g/mol. The van der Waals surface area contributed by atoms with Crippen LogP contribution in [0.25, 0.3) is 0 Å². The molecule has 1 aliphatic rings. The van der Waals surface area contributed by atoms with Gasteiger partial charge in [0.15, 0.2) is 0 Å². The van der Waals surface area contributed by atoms with Crippen molar-refractivity contribution in [1.82, 2.24) is 0 Å². The number of hydrogen-bond donors (Lipinski definition) is 2. The van der Waals surface area contributed by atoms with Gasteiger partial charge in [-0.25, -0.2) is 4.39 Å². The number of halogens is 3. The molecule has 2 aromatic rings. The van der Waals surface area contributed by atoms with E-state index in [9.17, 15) is 14.0 Å². The van der Waals surface area contributed by atoms with Crippen molar-refractivity contribution < 1.29 is 14.0 Å². The van der Waals surface area contributed by atoms with Crippen molar-refractivity contribution in [1.29, 1.82) is 0 Å². The molecule has 24 heavy (non-hydrogen) atoms. The summed E-state index contributed by atoms with van der Waals surface area (Å²) in [6.45, 7) is 0. The lowest BCUT2D eigenvalue weighted by Crippen LogP contribution is -2.21. The highest BCUT2D eigenvalue weighted by Crippen LogP contribution is 2.41. The summed E-state index contributed by atoms with van der Waals surface area (Å²) in [5.41, 5.74) is 0.501. The third kappa shape index (κ3) is 3.68. The van der Waals surface area contributed by atoms with Gasteiger partial charge in [-0.3, -0.25) is 9.59 Å². The molecule has 0 spiro atoms. The molecule has 2 N–H and O–H groups in total. The smallest absolute Gasteiger partial charge is 0.228 e. The minimum Gasteiger partial charge on any atom is -0.324 e. The second-order valence-corrected chi connectivity index (χ2v) is 6.37. The summed E-state index contributed by atoms with van der Waals surface area (Å²) in [5, 5.41) is 5.97. The Bertz CT molecular complexity index is 813. The van der Waals surface area contributed by atoms with Crippen molar-refractivity contribution in [2.75, 3.05) is 10.6 Å². The third-order valence-corrected chi connectivity index (χ3v) is 4.35. The Balaban J connectivity index is 1.60. The molecule has 0 bridgehead atoms. The van der Waals surface area contributed by atoms with Crippen LogP contribution in [0.3, 0.4) is 0 Å². The van der Waals surface area contributed by atoms with Crippen molar-refractivity contribution in [3.05, 3.63) is 58.3 Å². The van der Waals surface area contributed by atoms with E-state index >= 15 is 0 Å². The lowest BCUT2D eigenvalue weighted by Gasteiger charge is -2.08. The van der Waals surface area contributed by atoms with Crippen molar-refractivity contribution >= 4 is 46.4 Å². The topological polar surface area (TPSA) is 58.2 Å². The first kappa shape index (κ1) is 16.7. The van der Waals surface area contributed by atoms with E-state index in [0.717, 1.165) is 0 Å². The molecule has 1 aliphatic carbocycles. The number of rotatable bonds is 4. The highest BCUT2D eigenvalue weighted by Gasteiger charge is 2.48. The second kappa shape index (κ2) is 6.79. The molecule has 1 fully saturated rings. The van der Waals surface area contributed by atoms with E-state index in [1.807, 2.05) is 0 Å². The van der Waals surface area contributed by atoms with Crippen LogP contribution in [0.15, 0.2) is 42.5 Å². The molecule has 0 aliphatic heterocycles. The van der Waals surface area contributed by atoms with E-state index in [-0.39, 0.29) is 17.5 Å². The Labute approximate surface area is 148 Å². The Morgan fingerprint density at radius 2 is 1.58 bits per heavy atom. The third-order valence-electron chi connectivity index (χ3n) is 3.78. The number of carbonyl (C=O) groups is 2. The molecule has 2 atom stereocenters. The van der Waals surface area contributed by atoms with Crippen molar-refractivity contribution in [2.24, 2.45) is 11.8 Å². The zero-order valence-corrected chi connectivity index (χ0v) is 13.9. The molecule has 2 aromatic carbocycles. The Hall–Kier alpha value is -2.11. The molecule has 7 heteroatoms. The van der Waals surface area contributed by atoms with Gasteiger partial charge in [-0.05, 0) is 36.8 Å². The maximum atomic E-state index is 13.5. The number of para-hydroxylation sites is 1. The van der Waals surface area contributed by atoms with Gasteiger partial charge in [0.2, 0.25) is 11.8 Å². The van der Waals surface area contributed by atoms with Crippen LogP contribution in [0.5, 0.6) is 0 Å². The summed E-state index contributed by atoms with van der Waals surface area (Å²) >= 11 is 11.9. The Kier molecular flexibility index (Phi) is 4.73. The van der Waals surface area contributed by atoms with Gasteiger partial charge in [-0.1, -0.05) is 35.3 Å². The van der Waals surface area contributed by atoms with Crippen molar-refractivity contribution in [3.8, 4) is 0 Å². The first-order valence-corrected chi connectivity index (χ1v) is 8.02. The van der Waals surface area contributed by atoms with Crippen LogP contribution in [-0.4, -0.2) is 11.8 Å². The van der Waals surface area contributed by atoms with E-state index in [0.29, 0.717) is 22.2 Å². The van der Waals surface area contributed by atoms with Gasteiger partial charge in [0.1, 0.15) is 5.82 Å². The summed E-state index contributed by atoms with van der Waals surface area (Å²) in [7, 11) is 0. The molecule has 2 unspecified atom stereocenters. The zero-order chi connectivity index (χ0) is 17.3. The molecule has 124 valence electrons. The van der Waals surface area contributed by atoms with Gasteiger partial charge in [-0.15, -0.1) is 0 Å². The predicted octanol–water partition coefficient (Wildman–Crippen LogP) is 4.35. The minimum absolute atomic E-state index is 0.103. The van der Waals surface area contributed by atoms with Gasteiger partial charge in [0.25, 0.3) is 0 Å². The summed E-state index contributed by atoms with van der Waals surface area (Å²) in [5.74, 6) is -2.15. The van der Waals surface area contributed by atoms with E-state index in [2.05, 4.69) is 10.6 Å². The quantitative estimate of drug-likeness (QED) is 0.844. The fourth-order valence-corrected chi connectivity index (χ4v) is 2.72. The summed E-state index contributed by atoms with van der Waals surface area (Å²) < 4.78 is 13.5. The number of amides is 2. The first-order valence-electron chi connectivity index (χ1n) is 7.27. The van der Waals surface area contributed by atoms with E-state index in [1.54, 1.807) is 24.3 Å². The Morgan fingerprint density at radius 3 is 2.25 bits per heavy atom. The fraction of sp³-hybridized carbons (Fsp3) is 0.176. The maximum Gasteiger partial charge on any atom is 0.228 e. The van der Waals surface area contributed by atoms with Crippen LogP contribution in [0, 0.1) is 17.7 Å². The molecule has 0 aromatic heterocycles. The van der Waals surface area contributed by atoms with Crippen LogP contribution in [-0.2, 0) is 9.59 Å². The highest BCUT2D eigenvalue weighted by molar-refractivity contribution is 6.35. The number of nitrogens with one attached hydrogen (secondary N) is 2. The monoisotopic (exact) mass is 366 g/mol. The lowest BCUT2D eigenvalue weighted by molar-refractivity contribution is -0.122. The molecule has 2 amide bonds. The molecule has 3 rings (SSSR count). The van der Waals surface area contributed by atoms with Gasteiger partial charge < -0.3 is 10.6 Å². The number of hydrogen-bond acceptors (Lipinski definition) is 2. The average molecular weight is 367 g/mol. The molecule has 0 heterocycles. The van der Waals surface area contributed by atoms with Crippen LogP contribution in [0.4, 0.5) is 15.8 Å². The van der Waals surface area contributed by atoms with E-state index < -0.39 is 17.7 Å². The van der Waals surface area contributed by atoms with Crippen LogP contribution >= 0.6 is 23.2 Å². The van der Waals surface area contributed by atoms with Gasteiger partial charge in [-0.2, -0.15) is 0 Å². The normalized spacial score (nSPS) is 18.8. The summed E-state index contributed by atoms with van der Waals surface area (Å²) in [6.07, 6.45) is 0.407. The number of carbonyl (C=O) groups excluding carboxylic acids is 2. The Morgan fingerprint density at radius 1 is 0.958 bits per heavy atom. The molecule has 0 radical (unpaired) electrons. The maximum absolute atomic E-state index is 13.5. The van der Waals surface area contributed by atoms with Gasteiger partial charge in [0, 0.05) is 5.02 Å². The standard InChI is InChI=1S/C17H13Cl2FN2O2/c18-9-5-6-12(19)15(7-9)22-17(24)11-8-10(11)16(23)21-14-4-2-1-3-13(14)20/h1-7,10-11H,8H2,(H,21,23)(H,22,24). The fourth-order valence-electron chi connectivity index (χ4n) is 2.38. The largest absolute Gasteiger partial charge is 0.324 e. The molecule has 4 nitrogen and oxygen atoms in total. The van der Waals surface area contributed by atoms with Crippen LogP contribution in [0.2, 0.25) is 10.0 Å². The lowest BCUT2D eigenvalue weighted by atomic mass is 10.2. The van der Waals surface area contributed by atoms with Gasteiger partial charge >= 0.3 is 0 Å². The van der Waals surface area contributed by atoms with Crippen LogP contribution in [0.1, 0.15) is 6.42 Å². The summed E-state index contributed by atoms with van der Waals surface area (Å²) in [6, 6.07) is 10.6. The predicted molar refractivity (Wildman–Crippen MR) is 91.7 cm³/mol. The van der Waals surface area contributed by atoms with E-state index in [1.165, 1.54) is 18.2 Å². The minimum atomic E-state index is -0.516. The summed E-state index contributed by atoms with van der Waals surface area (Å²) in [4.78, 5) is 24.3. The average Bonchev–Trinajstić information content (AvgIpc) is 3.34. The van der Waals surface area contributed by atoms with Crippen LogP contribution < -0.4 is 10.6 Å². The zero-order valence-electron chi connectivity index (χ0n) is 12.4. The van der Waals surface area contributed by atoms with Crippen molar-refractivity contribution in [2.45, 2.75) is 6.42 Å². The second-order valence-electron chi connectivity index (χ2n) is 5.53. The first-order chi connectivity index (χ1) is 11.5.